The zero-order chi connectivity index (χ0) is 18.1. The Morgan fingerprint density at radius 1 is 1.00 bits per heavy atom. The molecule has 0 aliphatic carbocycles. The molecular formula is C20H23NO4. The Hall–Kier alpha value is -2.82. The highest BCUT2D eigenvalue weighted by molar-refractivity contribution is 5.95. The molecule has 0 heterocycles. The topological polar surface area (TPSA) is 64.6 Å². The van der Waals surface area contributed by atoms with Crippen LogP contribution in [0.2, 0.25) is 0 Å². The van der Waals surface area contributed by atoms with E-state index in [9.17, 15) is 9.59 Å². The van der Waals surface area contributed by atoms with Crippen LogP contribution in [-0.2, 0) is 4.79 Å². The van der Waals surface area contributed by atoms with Gasteiger partial charge in [-0.25, -0.2) is 0 Å². The molecule has 5 heteroatoms. The minimum Gasteiger partial charge on any atom is -0.494 e. The van der Waals surface area contributed by atoms with Crippen molar-refractivity contribution in [2.45, 2.75) is 26.7 Å². The van der Waals surface area contributed by atoms with E-state index in [1.165, 1.54) is 0 Å². The summed E-state index contributed by atoms with van der Waals surface area (Å²) in [5.74, 6) is 0.613. The number of hydrogen-bond acceptors (Lipinski definition) is 4. The van der Waals surface area contributed by atoms with Gasteiger partial charge < -0.3 is 14.8 Å². The molecule has 25 heavy (non-hydrogen) atoms. The van der Waals surface area contributed by atoms with Gasteiger partial charge in [0, 0.05) is 12.1 Å². The number of ether oxygens (including phenoxy) is 2. The van der Waals surface area contributed by atoms with Gasteiger partial charge in [0.2, 0.25) is 0 Å². The van der Waals surface area contributed by atoms with Crippen LogP contribution in [0.15, 0.2) is 48.5 Å². The van der Waals surface area contributed by atoms with Crippen LogP contribution in [0.25, 0.3) is 0 Å². The van der Waals surface area contributed by atoms with Gasteiger partial charge >= 0.3 is 5.97 Å². The number of carbonyl (C=O) groups excluding carboxylic acids is 2. The van der Waals surface area contributed by atoms with Gasteiger partial charge in [-0.15, -0.1) is 0 Å². The van der Waals surface area contributed by atoms with Crippen molar-refractivity contribution in [1.29, 1.82) is 0 Å². The van der Waals surface area contributed by atoms with E-state index in [1.807, 2.05) is 32.0 Å². The number of nitrogens with one attached hydrogen (secondary N) is 1. The molecule has 0 fully saturated rings. The average molecular weight is 341 g/mol. The lowest BCUT2D eigenvalue weighted by atomic mass is 10.1. The fraction of sp³-hybridized carbons (Fsp3) is 0.300. The van der Waals surface area contributed by atoms with Crippen molar-refractivity contribution >= 4 is 11.9 Å². The molecule has 0 aliphatic rings. The maximum absolute atomic E-state index is 12.1. The molecule has 1 amide bonds. The number of amides is 1. The van der Waals surface area contributed by atoms with Crippen molar-refractivity contribution < 1.29 is 19.1 Å². The number of hydrogen-bond donors (Lipinski definition) is 1. The Labute approximate surface area is 148 Å². The van der Waals surface area contributed by atoms with Gasteiger partial charge in [0.1, 0.15) is 11.5 Å². The van der Waals surface area contributed by atoms with Crippen LogP contribution < -0.4 is 14.8 Å². The summed E-state index contributed by atoms with van der Waals surface area (Å²) in [6.45, 7) is 4.79. The molecule has 0 atom stereocenters. The fourth-order valence-corrected chi connectivity index (χ4v) is 2.21. The van der Waals surface area contributed by atoms with E-state index in [-0.39, 0.29) is 18.9 Å². The van der Waals surface area contributed by atoms with Crippen LogP contribution in [0.5, 0.6) is 11.5 Å². The molecule has 0 saturated carbocycles. The Balaban J connectivity index is 1.75. The van der Waals surface area contributed by atoms with E-state index in [1.54, 1.807) is 30.3 Å². The van der Waals surface area contributed by atoms with Gasteiger partial charge in [0.05, 0.1) is 13.0 Å². The normalized spacial score (nSPS) is 10.2. The molecule has 2 rings (SSSR count). The van der Waals surface area contributed by atoms with E-state index in [0.717, 1.165) is 17.7 Å². The Morgan fingerprint density at radius 3 is 2.36 bits per heavy atom. The molecule has 5 nitrogen and oxygen atoms in total. The molecule has 2 aromatic rings. The van der Waals surface area contributed by atoms with Crippen LogP contribution >= 0.6 is 0 Å². The maximum Gasteiger partial charge on any atom is 0.312 e. The highest BCUT2D eigenvalue weighted by Crippen LogP contribution is 2.18. The summed E-state index contributed by atoms with van der Waals surface area (Å²) in [6.07, 6.45) is 1.04. The van der Waals surface area contributed by atoms with Crippen molar-refractivity contribution in [3.8, 4) is 11.5 Å². The second-order valence-corrected chi connectivity index (χ2v) is 5.61. The third-order valence-corrected chi connectivity index (χ3v) is 3.53. The van der Waals surface area contributed by atoms with Gasteiger partial charge in [0.25, 0.3) is 5.91 Å². The van der Waals surface area contributed by atoms with Crippen LogP contribution in [0.4, 0.5) is 0 Å². The Kier molecular flexibility index (Phi) is 7.01. The van der Waals surface area contributed by atoms with Crippen molar-refractivity contribution in [2.75, 3.05) is 13.2 Å². The molecule has 2 aromatic carbocycles. The molecule has 0 radical (unpaired) electrons. The number of benzene rings is 2. The first-order valence-corrected chi connectivity index (χ1v) is 8.37. The van der Waals surface area contributed by atoms with Crippen LogP contribution in [0.1, 0.15) is 35.7 Å². The zero-order valence-corrected chi connectivity index (χ0v) is 14.6. The summed E-state index contributed by atoms with van der Waals surface area (Å²) in [7, 11) is 0. The van der Waals surface area contributed by atoms with Crippen molar-refractivity contribution in [3.05, 3.63) is 59.7 Å². The first kappa shape index (κ1) is 18.5. The van der Waals surface area contributed by atoms with Crippen LogP contribution in [0, 0.1) is 6.92 Å². The molecule has 0 aromatic heterocycles. The molecule has 0 saturated heterocycles. The van der Waals surface area contributed by atoms with Crippen LogP contribution in [0.3, 0.4) is 0 Å². The molecule has 1 N–H and O–H groups in total. The monoisotopic (exact) mass is 341 g/mol. The summed E-state index contributed by atoms with van der Waals surface area (Å²) < 4.78 is 10.7. The molecule has 0 unspecified atom stereocenters. The number of esters is 1. The largest absolute Gasteiger partial charge is 0.494 e. The first-order valence-electron chi connectivity index (χ1n) is 8.37. The number of aryl methyl sites for hydroxylation is 1. The van der Waals surface area contributed by atoms with Gasteiger partial charge in [0.15, 0.2) is 0 Å². The number of carbonyl (C=O) groups is 2. The minimum absolute atomic E-state index is 0.103. The second kappa shape index (κ2) is 9.47. The summed E-state index contributed by atoms with van der Waals surface area (Å²) in [4.78, 5) is 23.9. The molecule has 132 valence electrons. The second-order valence-electron chi connectivity index (χ2n) is 5.61. The third kappa shape index (κ3) is 5.95. The van der Waals surface area contributed by atoms with E-state index < -0.39 is 5.97 Å². The fourth-order valence-electron chi connectivity index (χ4n) is 2.21. The van der Waals surface area contributed by atoms with Gasteiger partial charge in [-0.1, -0.05) is 25.1 Å². The lowest BCUT2D eigenvalue weighted by molar-refractivity contribution is -0.134. The van der Waals surface area contributed by atoms with Crippen molar-refractivity contribution in [1.82, 2.24) is 5.32 Å². The Bertz CT molecular complexity index is 710. The average Bonchev–Trinajstić information content (AvgIpc) is 2.61. The van der Waals surface area contributed by atoms with E-state index in [0.29, 0.717) is 17.9 Å². The predicted molar refractivity (Wildman–Crippen MR) is 96.0 cm³/mol. The van der Waals surface area contributed by atoms with E-state index in [4.69, 9.17) is 9.47 Å². The minimum atomic E-state index is -0.396. The Morgan fingerprint density at radius 2 is 1.68 bits per heavy atom. The SMILES string of the molecule is CCCOc1ccc(OC(=O)CCNC(=O)c2ccccc2C)cc1. The highest BCUT2D eigenvalue weighted by Gasteiger charge is 2.10. The third-order valence-electron chi connectivity index (χ3n) is 3.53. The molecular weight excluding hydrogens is 318 g/mol. The first-order chi connectivity index (χ1) is 12.1. The van der Waals surface area contributed by atoms with Gasteiger partial charge in [-0.05, 0) is 49.2 Å². The quantitative estimate of drug-likeness (QED) is 0.589. The highest BCUT2D eigenvalue weighted by atomic mass is 16.5. The summed E-state index contributed by atoms with van der Waals surface area (Å²) in [5.41, 5.74) is 1.51. The summed E-state index contributed by atoms with van der Waals surface area (Å²) in [6, 6.07) is 14.2. The van der Waals surface area contributed by atoms with Crippen molar-refractivity contribution in [2.24, 2.45) is 0 Å². The molecule has 0 aliphatic heterocycles. The lowest BCUT2D eigenvalue weighted by Crippen LogP contribution is -2.27. The zero-order valence-electron chi connectivity index (χ0n) is 14.6. The van der Waals surface area contributed by atoms with E-state index >= 15 is 0 Å². The summed E-state index contributed by atoms with van der Waals surface area (Å²) >= 11 is 0. The summed E-state index contributed by atoms with van der Waals surface area (Å²) in [5, 5.41) is 2.73. The van der Waals surface area contributed by atoms with Crippen LogP contribution in [-0.4, -0.2) is 25.0 Å². The smallest absolute Gasteiger partial charge is 0.312 e. The maximum atomic E-state index is 12.1. The molecule has 0 bridgehead atoms. The number of rotatable bonds is 8. The van der Waals surface area contributed by atoms with E-state index in [2.05, 4.69) is 5.32 Å². The predicted octanol–water partition coefficient (Wildman–Crippen LogP) is 3.51. The standard InChI is InChI=1S/C20H23NO4/c1-3-14-24-16-8-10-17(11-9-16)25-19(22)12-13-21-20(23)18-7-5-4-6-15(18)2/h4-11H,3,12-14H2,1-2H3,(H,21,23). The van der Waals surface area contributed by atoms with Gasteiger partial charge in [-0.3, -0.25) is 9.59 Å². The lowest BCUT2D eigenvalue weighted by Gasteiger charge is -2.08. The molecule has 0 spiro atoms. The van der Waals surface area contributed by atoms with Gasteiger partial charge in [-0.2, -0.15) is 0 Å². The van der Waals surface area contributed by atoms with Crippen molar-refractivity contribution in [3.63, 3.8) is 0 Å².